The van der Waals surface area contributed by atoms with E-state index in [4.69, 9.17) is 0 Å². The first-order chi connectivity index (χ1) is 58.8. The Morgan fingerprint density at radius 2 is 0.517 bits per heavy atom. The van der Waals surface area contributed by atoms with Crippen molar-refractivity contribution >= 4 is 180 Å². The van der Waals surface area contributed by atoms with Gasteiger partial charge < -0.3 is 0 Å². The van der Waals surface area contributed by atoms with Gasteiger partial charge in [0.25, 0.3) is 23.6 Å². The van der Waals surface area contributed by atoms with Crippen LogP contribution in [-0.4, -0.2) is 46.5 Å². The molecular formula is C104H110N2O4S10. The van der Waals surface area contributed by atoms with Gasteiger partial charge in [-0.2, -0.15) is 0 Å². The largest absolute Gasteiger partial charge is 0.274 e. The second kappa shape index (κ2) is 38.4. The number of nitrogens with zero attached hydrogens (tertiary/aromatic N) is 2. The highest BCUT2D eigenvalue weighted by molar-refractivity contribution is 7.31. The van der Waals surface area contributed by atoms with Gasteiger partial charge >= 0.3 is 0 Å². The van der Waals surface area contributed by atoms with E-state index in [-0.39, 0.29) is 35.5 Å². The Balaban J connectivity index is 0.929. The van der Waals surface area contributed by atoms with Crippen LogP contribution in [0.1, 0.15) is 270 Å². The molecule has 6 nitrogen and oxygen atoms in total. The second-order valence-corrected chi connectivity index (χ2v) is 44.6. The number of imide groups is 2. The van der Waals surface area contributed by atoms with Crippen LogP contribution in [-0.2, 0) is 25.7 Å². The summed E-state index contributed by atoms with van der Waals surface area (Å²) in [6.07, 6.45) is 31.7. The van der Waals surface area contributed by atoms with Gasteiger partial charge in [-0.25, -0.2) is 0 Å². The van der Waals surface area contributed by atoms with Crippen molar-refractivity contribution in [2.75, 3.05) is 13.1 Å². The number of carbonyl (C=O) groups is 4. The molecule has 620 valence electrons. The highest BCUT2D eigenvalue weighted by Crippen LogP contribution is 2.59. The number of hydrogen-bond acceptors (Lipinski definition) is 14. The minimum atomic E-state index is -0.264. The monoisotopic (exact) mass is 1770 g/mol. The van der Waals surface area contributed by atoms with E-state index >= 15 is 19.2 Å². The lowest BCUT2D eigenvalue weighted by molar-refractivity contribution is 0.0565. The second-order valence-electron chi connectivity index (χ2n) is 33.5. The normalized spacial score (nSPS) is 13.6. The van der Waals surface area contributed by atoms with Gasteiger partial charge in [-0.15, -0.1) is 113 Å². The molecule has 0 radical (unpaired) electrons. The van der Waals surface area contributed by atoms with Gasteiger partial charge in [-0.05, 0) is 253 Å². The summed E-state index contributed by atoms with van der Waals surface area (Å²) in [5, 5.41) is 6.63. The third-order valence-electron chi connectivity index (χ3n) is 25.1. The standard InChI is InChI=1S/C104H110N2O4S10/c1-9-17-23-27-33-65-37-45-79(111-65)83-49-51-87(115-83)91-59-75(99(119-91)89-55-53-85(117-89)81-47-39-67(113-81)35-29-25-19-11-3)73-57-77-95-71(101(107)105(103(77)109)61-63(15-7)31-21-13-5)44-42-70-94-74(58-78-96-72(43-41-69(98(94)96)93(73)97(70)95)102(108)106(104(78)110)62-64(16-8)32-22-14-6)76-60-92(88-52-50-84(116-88)80-46-38-66(112-80)34-28-24-18-10-2)120-100(76)90-56-54-86(118-90)82-48-40-68(114-82)36-30-26-20-12-4/h37-60,63-64H,9-36,61-62H2,1-8H3. The van der Waals surface area contributed by atoms with Crippen molar-refractivity contribution in [2.24, 2.45) is 11.8 Å². The van der Waals surface area contributed by atoms with E-state index in [0.29, 0.717) is 46.1 Å². The van der Waals surface area contributed by atoms with Gasteiger partial charge in [0.05, 0.1) is 9.75 Å². The molecule has 10 aromatic heterocycles. The molecule has 17 rings (SSSR count). The molecule has 0 bridgehead atoms. The van der Waals surface area contributed by atoms with E-state index in [0.717, 1.165) is 161 Å². The third kappa shape index (κ3) is 17.1. The number of amides is 4. The average Bonchev–Trinajstić information content (AvgIpc) is 0.989. The van der Waals surface area contributed by atoms with E-state index in [9.17, 15) is 0 Å². The van der Waals surface area contributed by atoms with Gasteiger partial charge in [-0.1, -0.05) is 183 Å². The molecule has 12 heterocycles. The zero-order valence-corrected chi connectivity index (χ0v) is 79.0. The van der Waals surface area contributed by atoms with Crippen LogP contribution < -0.4 is 0 Å². The van der Waals surface area contributed by atoms with Crippen LogP contribution in [0.15, 0.2) is 146 Å². The number of fused-ring (bicyclic) bond motifs is 2. The van der Waals surface area contributed by atoms with Gasteiger partial charge in [0.2, 0.25) is 0 Å². The Morgan fingerprint density at radius 3 is 0.833 bits per heavy atom. The quantitative estimate of drug-likeness (QED) is 0.0165. The fourth-order valence-corrected chi connectivity index (χ4v) is 29.7. The molecule has 0 aliphatic carbocycles. The Kier molecular flexibility index (Phi) is 27.2. The van der Waals surface area contributed by atoms with Crippen molar-refractivity contribution in [3.63, 3.8) is 0 Å². The summed E-state index contributed by atoms with van der Waals surface area (Å²) in [5.41, 5.74) is 5.91. The summed E-state index contributed by atoms with van der Waals surface area (Å²) in [4.78, 5) is 93.3. The lowest BCUT2D eigenvalue weighted by Crippen LogP contribution is -2.43. The fraction of sp³-hybridized carbons (Fsp3) is 0.385. The lowest BCUT2D eigenvalue weighted by atomic mass is 9.77. The molecule has 0 fully saturated rings. The van der Waals surface area contributed by atoms with Crippen LogP contribution in [0.3, 0.4) is 0 Å². The minimum Gasteiger partial charge on any atom is -0.274 e. The Hall–Kier alpha value is -7.32. The maximum Gasteiger partial charge on any atom is 0.261 e. The van der Waals surface area contributed by atoms with E-state index < -0.39 is 0 Å². The van der Waals surface area contributed by atoms with Crippen molar-refractivity contribution in [3.05, 3.63) is 187 Å². The summed E-state index contributed by atoms with van der Waals surface area (Å²) in [5.74, 6) is -0.781. The van der Waals surface area contributed by atoms with Crippen LogP contribution in [0.5, 0.6) is 0 Å². The minimum absolute atomic E-state index is 0.134. The van der Waals surface area contributed by atoms with E-state index in [1.165, 1.54) is 171 Å². The van der Waals surface area contributed by atoms with Crippen LogP contribution in [0.4, 0.5) is 0 Å². The van der Waals surface area contributed by atoms with Crippen molar-refractivity contribution in [1.82, 2.24) is 9.80 Å². The van der Waals surface area contributed by atoms with Crippen molar-refractivity contribution < 1.29 is 19.2 Å². The van der Waals surface area contributed by atoms with Gasteiger partial charge in [0, 0.05) is 145 Å². The average molecular weight is 1770 g/mol. The van der Waals surface area contributed by atoms with Gasteiger partial charge in [0.1, 0.15) is 0 Å². The molecule has 4 amide bonds. The predicted molar refractivity (Wildman–Crippen MR) is 530 cm³/mol. The van der Waals surface area contributed by atoms with Gasteiger partial charge in [-0.3, -0.25) is 29.0 Å². The van der Waals surface area contributed by atoms with Crippen molar-refractivity contribution in [1.29, 1.82) is 0 Å². The maximum absolute atomic E-state index is 16.6. The highest BCUT2D eigenvalue weighted by Gasteiger charge is 2.41. The predicted octanol–water partition coefficient (Wildman–Crippen LogP) is 35.1. The van der Waals surface area contributed by atoms with Crippen LogP contribution in [0, 0.1) is 11.8 Å². The number of unbranched alkanes of at least 4 members (excludes halogenated alkanes) is 14. The Morgan fingerprint density at radius 1 is 0.233 bits per heavy atom. The highest BCUT2D eigenvalue weighted by atomic mass is 32.1. The summed E-state index contributed by atoms with van der Waals surface area (Å²) >= 11 is 18.7. The summed E-state index contributed by atoms with van der Waals surface area (Å²) < 4.78 is 0. The molecule has 16 heteroatoms. The zero-order chi connectivity index (χ0) is 82.7. The van der Waals surface area contributed by atoms with Gasteiger partial charge in [0.15, 0.2) is 0 Å². The SMILES string of the molecule is CCCCCCc1ccc(-c2ccc(-c3cc(-c4cc5c6c(ccc7c8c(-c9cc(-c%10ccc(-c%11ccc(CCCCCC)s%11)s%10)sc9-c9ccc(-c%10ccc(CCCCCC)s%10)s9)cc9c%10c(ccc(c4c67)c%108)C(=O)N(CC(CC)CCCC)C9=O)C(=O)N(CC(CC)CCCC)C5=O)c(-c4ccc(-c5ccc(CCCCCC)s5)s4)s3)s2)s1. The summed E-state index contributed by atoms with van der Waals surface area (Å²) in [6.45, 7) is 18.6. The maximum atomic E-state index is 16.6. The number of hydrogen-bond donors (Lipinski definition) is 0. The zero-order valence-electron chi connectivity index (χ0n) is 70.8. The third-order valence-corrected chi connectivity index (χ3v) is 37.8. The van der Waals surface area contributed by atoms with Crippen LogP contribution >= 0.6 is 113 Å². The molecule has 2 unspecified atom stereocenters. The molecule has 2 aliphatic heterocycles. The van der Waals surface area contributed by atoms with E-state index in [1.54, 1.807) is 9.80 Å². The molecule has 0 saturated carbocycles. The van der Waals surface area contributed by atoms with Crippen molar-refractivity contribution in [2.45, 2.75) is 235 Å². The molecule has 0 saturated heterocycles. The number of carbonyl (C=O) groups excluding carboxylic acids is 4. The lowest BCUT2D eigenvalue weighted by Gasteiger charge is -2.33. The number of aryl methyl sites for hydroxylation is 4. The first-order valence-corrected chi connectivity index (χ1v) is 53.0. The van der Waals surface area contributed by atoms with E-state index in [2.05, 4.69) is 189 Å². The molecule has 15 aromatic rings. The smallest absolute Gasteiger partial charge is 0.261 e. The first-order valence-electron chi connectivity index (χ1n) is 44.9. The Bertz CT molecular complexity index is 5800. The molecule has 120 heavy (non-hydrogen) atoms. The molecule has 0 spiro atoms. The summed E-state index contributed by atoms with van der Waals surface area (Å²) in [7, 11) is 0. The Labute approximate surface area is 749 Å². The fourth-order valence-electron chi connectivity index (χ4n) is 18.3. The molecule has 5 aromatic carbocycles. The van der Waals surface area contributed by atoms with Crippen LogP contribution in [0.2, 0.25) is 0 Å². The van der Waals surface area contributed by atoms with E-state index in [1.807, 2.05) is 126 Å². The summed E-state index contributed by atoms with van der Waals surface area (Å²) in [6, 6.07) is 54.7. The number of benzene rings is 5. The molecule has 0 N–H and O–H groups in total. The topological polar surface area (TPSA) is 74.8 Å². The van der Waals surface area contributed by atoms with Crippen molar-refractivity contribution in [3.8, 4) is 100 Å². The number of thiophene rings is 10. The number of rotatable bonds is 42. The van der Waals surface area contributed by atoms with Crippen LogP contribution in [0.25, 0.3) is 143 Å². The molecule has 2 aliphatic rings. The molecule has 2 atom stereocenters. The molecular weight excluding hydrogens is 1660 g/mol. The first kappa shape index (κ1) is 84.9.